The van der Waals surface area contributed by atoms with Crippen molar-refractivity contribution in [3.05, 3.63) is 5.73 Å². The Morgan fingerprint density at radius 2 is 1.20 bits per heavy atom. The number of nitrogens with one attached hydrogen (secondary N) is 1. The van der Waals surface area contributed by atoms with Crippen LogP contribution in [0.2, 0.25) is 0 Å². The highest BCUT2D eigenvalue weighted by Crippen LogP contribution is 2.06. The molecule has 0 aromatic heterocycles. The van der Waals surface area contributed by atoms with Gasteiger partial charge < -0.3 is 24.7 Å². The lowest BCUT2D eigenvalue weighted by Crippen LogP contribution is -2.21. The minimum absolute atomic E-state index is 0.0278. The van der Waals surface area contributed by atoms with Crippen LogP contribution >= 0.6 is 0 Å². The van der Waals surface area contributed by atoms with Crippen molar-refractivity contribution in [2.75, 3.05) is 26.9 Å². The lowest BCUT2D eigenvalue weighted by molar-refractivity contribution is -0.153. The topological polar surface area (TPSA) is 112 Å². The Bertz CT molecular complexity index is 355. The Labute approximate surface area is 151 Å². The molecule has 0 aliphatic carbocycles. The fraction of sp³-hybridized carbons (Fsp3) is 0.824. The van der Waals surface area contributed by atoms with E-state index in [0.29, 0.717) is 0 Å². The summed E-state index contributed by atoms with van der Waals surface area (Å²) >= 11 is 0. The van der Waals surface area contributed by atoms with E-state index in [0.717, 1.165) is 0 Å². The Morgan fingerprint density at radius 3 is 1.36 bits per heavy atom. The first-order chi connectivity index (χ1) is 11.1. The zero-order chi connectivity index (χ0) is 20.7. The highest BCUT2D eigenvalue weighted by atomic mass is 16.6. The Morgan fingerprint density at radius 1 is 0.840 bits per heavy atom. The second kappa shape index (κ2) is 14.7. The average molecular weight is 364 g/mol. The first kappa shape index (κ1) is 28.1. The first-order valence-corrected chi connectivity index (χ1v) is 7.83. The van der Waals surface area contributed by atoms with Gasteiger partial charge in [-0.05, 0) is 41.5 Å². The molecule has 0 heterocycles. The van der Waals surface area contributed by atoms with Crippen molar-refractivity contribution in [3.8, 4) is 0 Å². The van der Waals surface area contributed by atoms with E-state index in [1.807, 2.05) is 41.5 Å². The molecule has 0 aliphatic rings. The Kier molecular flexibility index (Phi) is 16.5. The SMILES string of the molecule is CC(=O)OC(C)(C)C.CC(=O)OC(C)(C)C.COCC(=O)OCC[NH-]. The van der Waals surface area contributed by atoms with E-state index in [9.17, 15) is 14.4 Å². The van der Waals surface area contributed by atoms with Crippen LogP contribution in [0.25, 0.3) is 5.73 Å². The molecule has 25 heavy (non-hydrogen) atoms. The zero-order valence-corrected chi connectivity index (χ0v) is 17.0. The number of hydrogen-bond acceptors (Lipinski definition) is 7. The predicted molar refractivity (Wildman–Crippen MR) is 95.1 cm³/mol. The second-order valence-electron chi connectivity index (χ2n) is 6.82. The Balaban J connectivity index is -0.000000291. The third kappa shape index (κ3) is 39.3. The molecule has 0 aromatic rings. The highest BCUT2D eigenvalue weighted by Gasteiger charge is 2.12. The van der Waals surface area contributed by atoms with E-state index < -0.39 is 5.97 Å². The van der Waals surface area contributed by atoms with E-state index in [1.165, 1.54) is 21.0 Å². The molecule has 0 aromatic carbocycles. The summed E-state index contributed by atoms with van der Waals surface area (Å²) in [5.74, 6) is -0.861. The average Bonchev–Trinajstić information content (AvgIpc) is 2.32. The van der Waals surface area contributed by atoms with Gasteiger partial charge in [0.1, 0.15) is 17.8 Å². The van der Waals surface area contributed by atoms with E-state index in [4.69, 9.17) is 15.2 Å². The molecule has 0 bridgehead atoms. The van der Waals surface area contributed by atoms with Gasteiger partial charge in [0.15, 0.2) is 0 Å². The van der Waals surface area contributed by atoms with Gasteiger partial charge in [-0.25, -0.2) is 4.79 Å². The van der Waals surface area contributed by atoms with Crippen molar-refractivity contribution in [1.29, 1.82) is 0 Å². The van der Waals surface area contributed by atoms with Crippen molar-refractivity contribution in [2.45, 2.75) is 66.6 Å². The smallest absolute Gasteiger partial charge is 0.331 e. The molecule has 0 aliphatic heterocycles. The monoisotopic (exact) mass is 364 g/mol. The van der Waals surface area contributed by atoms with Gasteiger partial charge in [0, 0.05) is 21.0 Å². The lowest BCUT2D eigenvalue weighted by atomic mass is 10.2. The van der Waals surface area contributed by atoms with Crippen LogP contribution in [-0.4, -0.2) is 56.0 Å². The summed E-state index contributed by atoms with van der Waals surface area (Å²) in [5, 5.41) is 0. The third-order valence-electron chi connectivity index (χ3n) is 1.53. The summed E-state index contributed by atoms with van der Waals surface area (Å²) in [6.07, 6.45) is 0. The normalized spacial score (nSPS) is 10.3. The molecular formula is C17H34NO7-. The maximum atomic E-state index is 10.4. The number of methoxy groups -OCH3 is 1. The largest absolute Gasteiger partial charge is 0.675 e. The van der Waals surface area contributed by atoms with Gasteiger partial charge in [0.2, 0.25) is 0 Å². The number of esters is 3. The Hall–Kier alpha value is -1.67. The number of hydrogen-bond donors (Lipinski definition) is 0. The second-order valence-corrected chi connectivity index (χ2v) is 6.82. The fourth-order valence-electron chi connectivity index (χ4n) is 1.19. The van der Waals surface area contributed by atoms with Crippen LogP contribution in [0.4, 0.5) is 0 Å². The molecule has 0 fully saturated rings. The molecule has 0 atom stereocenters. The summed E-state index contributed by atoms with van der Waals surface area (Å²) in [5.41, 5.74) is 5.96. The molecule has 0 saturated carbocycles. The number of rotatable bonds is 4. The molecule has 0 rings (SSSR count). The summed E-state index contributed by atoms with van der Waals surface area (Å²) < 4.78 is 18.5. The minimum atomic E-state index is -0.412. The molecule has 0 radical (unpaired) electrons. The van der Waals surface area contributed by atoms with E-state index in [-0.39, 0.29) is 42.9 Å². The quantitative estimate of drug-likeness (QED) is 0.557. The summed E-state index contributed by atoms with van der Waals surface area (Å²) in [6, 6.07) is 0. The van der Waals surface area contributed by atoms with Crippen LogP contribution in [-0.2, 0) is 33.3 Å². The third-order valence-corrected chi connectivity index (χ3v) is 1.53. The molecule has 0 saturated heterocycles. The molecule has 8 heteroatoms. The maximum absolute atomic E-state index is 10.4. The van der Waals surface area contributed by atoms with Gasteiger partial charge in [-0.1, -0.05) is 0 Å². The summed E-state index contributed by atoms with van der Waals surface area (Å²) in [4.78, 5) is 30.8. The first-order valence-electron chi connectivity index (χ1n) is 7.83. The fourth-order valence-corrected chi connectivity index (χ4v) is 1.19. The van der Waals surface area contributed by atoms with Crippen molar-refractivity contribution in [2.24, 2.45) is 0 Å². The van der Waals surface area contributed by atoms with E-state index >= 15 is 0 Å². The van der Waals surface area contributed by atoms with E-state index in [2.05, 4.69) is 9.47 Å². The number of carbonyl (C=O) groups excluding carboxylic acids is 3. The summed E-state index contributed by atoms with van der Waals surface area (Å²) in [7, 11) is 1.42. The molecule has 150 valence electrons. The number of ether oxygens (including phenoxy) is 4. The van der Waals surface area contributed by atoms with Crippen molar-refractivity contribution in [1.82, 2.24) is 0 Å². The van der Waals surface area contributed by atoms with Gasteiger partial charge in [0.25, 0.3) is 0 Å². The van der Waals surface area contributed by atoms with Crippen molar-refractivity contribution < 1.29 is 33.3 Å². The molecule has 0 unspecified atom stereocenters. The van der Waals surface area contributed by atoms with Crippen LogP contribution in [0.3, 0.4) is 0 Å². The number of carbonyl (C=O) groups is 3. The zero-order valence-electron chi connectivity index (χ0n) is 17.0. The van der Waals surface area contributed by atoms with Gasteiger partial charge >= 0.3 is 17.9 Å². The molecular weight excluding hydrogens is 330 g/mol. The predicted octanol–water partition coefficient (Wildman–Crippen LogP) is 2.92. The van der Waals surface area contributed by atoms with Crippen molar-refractivity contribution >= 4 is 17.9 Å². The van der Waals surface area contributed by atoms with Gasteiger partial charge in [-0.3, -0.25) is 9.59 Å². The summed E-state index contributed by atoms with van der Waals surface area (Å²) in [6.45, 7) is 14.1. The minimum Gasteiger partial charge on any atom is -0.675 e. The lowest BCUT2D eigenvalue weighted by Gasteiger charge is -2.17. The van der Waals surface area contributed by atoms with Gasteiger partial charge in [-0.2, -0.15) is 0 Å². The van der Waals surface area contributed by atoms with Gasteiger partial charge in [0.05, 0.1) is 6.61 Å². The van der Waals surface area contributed by atoms with Crippen molar-refractivity contribution in [3.63, 3.8) is 0 Å². The van der Waals surface area contributed by atoms with Crippen LogP contribution in [0.1, 0.15) is 55.4 Å². The van der Waals surface area contributed by atoms with Crippen LogP contribution in [0.15, 0.2) is 0 Å². The molecule has 1 N–H and O–H groups in total. The van der Waals surface area contributed by atoms with Crippen LogP contribution < -0.4 is 0 Å². The molecule has 0 amide bonds. The van der Waals surface area contributed by atoms with Crippen LogP contribution in [0.5, 0.6) is 0 Å². The highest BCUT2D eigenvalue weighted by molar-refractivity contribution is 5.70. The molecule has 8 nitrogen and oxygen atoms in total. The molecule has 0 spiro atoms. The van der Waals surface area contributed by atoms with E-state index in [1.54, 1.807) is 0 Å². The van der Waals surface area contributed by atoms with Crippen LogP contribution in [0, 0.1) is 0 Å². The maximum Gasteiger partial charge on any atom is 0.331 e. The van der Waals surface area contributed by atoms with Gasteiger partial charge in [-0.15, -0.1) is 6.54 Å². The standard InChI is InChI=1S/2C6H12O2.C5H10NO3/c2*1-5(7)8-6(2,3)4;1-8-4-5(7)9-3-2-6/h2*1-4H3;6H,2-4H2,1H3/q;;-1.